The van der Waals surface area contributed by atoms with E-state index in [-0.39, 0.29) is 5.95 Å². The summed E-state index contributed by atoms with van der Waals surface area (Å²) in [6.07, 6.45) is 1.74. The zero-order chi connectivity index (χ0) is 12.1. The van der Waals surface area contributed by atoms with Gasteiger partial charge < -0.3 is 15.8 Å². The number of methoxy groups -OCH3 is 1. The number of nitrogen functional groups attached to an aromatic ring is 1. The lowest BCUT2D eigenvalue weighted by Gasteiger charge is -2.07. The van der Waals surface area contributed by atoms with Crippen molar-refractivity contribution < 1.29 is 4.74 Å². The molecule has 6 nitrogen and oxygen atoms in total. The summed E-state index contributed by atoms with van der Waals surface area (Å²) in [7, 11) is 1.53. The molecule has 0 spiro atoms. The third-order valence-electron chi connectivity index (χ3n) is 2.11. The van der Waals surface area contributed by atoms with Gasteiger partial charge in [0.25, 0.3) is 0 Å². The molecule has 88 valence electrons. The fourth-order valence-electron chi connectivity index (χ4n) is 1.32. The van der Waals surface area contributed by atoms with Crippen LogP contribution in [-0.4, -0.2) is 22.1 Å². The van der Waals surface area contributed by atoms with Crippen molar-refractivity contribution in [2.75, 3.05) is 18.2 Å². The number of rotatable bonds is 4. The summed E-state index contributed by atoms with van der Waals surface area (Å²) in [6, 6.07) is 7.40. The van der Waals surface area contributed by atoms with Crippen molar-refractivity contribution in [1.29, 1.82) is 0 Å². The van der Waals surface area contributed by atoms with Gasteiger partial charge in [-0.1, -0.05) is 6.07 Å². The number of pyridine rings is 1. The molecular formula is C11H13N5O. The number of anilines is 2. The van der Waals surface area contributed by atoms with Gasteiger partial charge in [-0.25, -0.2) is 0 Å². The predicted molar refractivity (Wildman–Crippen MR) is 64.6 cm³/mol. The maximum atomic E-state index is 5.55. The van der Waals surface area contributed by atoms with Gasteiger partial charge in [-0.15, -0.1) is 0 Å². The molecule has 2 heterocycles. The van der Waals surface area contributed by atoms with E-state index in [0.717, 1.165) is 5.69 Å². The van der Waals surface area contributed by atoms with Crippen LogP contribution in [0.4, 0.5) is 11.8 Å². The van der Waals surface area contributed by atoms with Crippen LogP contribution in [-0.2, 0) is 6.54 Å². The Morgan fingerprint density at radius 2 is 2.24 bits per heavy atom. The Morgan fingerprint density at radius 3 is 2.94 bits per heavy atom. The molecule has 3 N–H and O–H groups in total. The molecule has 0 bridgehead atoms. The molecule has 0 unspecified atom stereocenters. The van der Waals surface area contributed by atoms with Gasteiger partial charge in [0.1, 0.15) is 5.82 Å². The number of ether oxygens (including phenoxy) is 1. The van der Waals surface area contributed by atoms with Gasteiger partial charge in [0.2, 0.25) is 11.8 Å². The van der Waals surface area contributed by atoms with Crippen molar-refractivity contribution in [1.82, 2.24) is 15.0 Å². The zero-order valence-corrected chi connectivity index (χ0v) is 9.42. The van der Waals surface area contributed by atoms with E-state index >= 15 is 0 Å². The average Bonchev–Trinajstić information content (AvgIpc) is 2.37. The summed E-state index contributed by atoms with van der Waals surface area (Å²) < 4.78 is 5.00. The van der Waals surface area contributed by atoms with E-state index in [1.54, 1.807) is 12.3 Å². The van der Waals surface area contributed by atoms with E-state index in [0.29, 0.717) is 18.2 Å². The second-order valence-electron chi connectivity index (χ2n) is 3.33. The molecule has 0 aliphatic rings. The number of nitrogens with zero attached hydrogens (tertiary/aromatic N) is 3. The highest BCUT2D eigenvalue weighted by molar-refractivity contribution is 5.42. The van der Waals surface area contributed by atoms with Crippen LogP contribution in [0.15, 0.2) is 30.5 Å². The van der Waals surface area contributed by atoms with Crippen LogP contribution in [0.5, 0.6) is 5.88 Å². The molecule has 0 aromatic carbocycles. The summed E-state index contributed by atoms with van der Waals surface area (Å²) in [5.74, 6) is 1.22. The van der Waals surface area contributed by atoms with Crippen LogP contribution < -0.4 is 15.8 Å². The van der Waals surface area contributed by atoms with Crippen molar-refractivity contribution in [3.63, 3.8) is 0 Å². The first-order chi connectivity index (χ1) is 8.28. The monoisotopic (exact) mass is 231 g/mol. The summed E-state index contributed by atoms with van der Waals surface area (Å²) in [5, 5.41) is 3.10. The van der Waals surface area contributed by atoms with Gasteiger partial charge in [0.05, 0.1) is 19.3 Å². The highest BCUT2D eigenvalue weighted by Gasteiger charge is 2.02. The summed E-state index contributed by atoms with van der Waals surface area (Å²) in [5.41, 5.74) is 6.47. The molecule has 2 rings (SSSR count). The molecule has 0 radical (unpaired) electrons. The van der Waals surface area contributed by atoms with Crippen molar-refractivity contribution in [3.8, 4) is 5.88 Å². The third kappa shape index (κ3) is 3.04. The van der Waals surface area contributed by atoms with Crippen molar-refractivity contribution in [3.05, 3.63) is 36.2 Å². The number of nitrogens with two attached hydrogens (primary N) is 1. The van der Waals surface area contributed by atoms with Crippen LogP contribution in [0, 0.1) is 0 Å². The number of hydrogen-bond donors (Lipinski definition) is 2. The third-order valence-corrected chi connectivity index (χ3v) is 2.11. The van der Waals surface area contributed by atoms with Gasteiger partial charge in [-0.05, 0) is 12.1 Å². The van der Waals surface area contributed by atoms with Crippen LogP contribution in [0.2, 0.25) is 0 Å². The van der Waals surface area contributed by atoms with Crippen LogP contribution in [0.1, 0.15) is 5.69 Å². The molecule has 2 aromatic heterocycles. The lowest BCUT2D eigenvalue weighted by atomic mass is 10.3. The first-order valence-electron chi connectivity index (χ1n) is 5.10. The summed E-state index contributed by atoms with van der Waals surface area (Å²) in [4.78, 5) is 12.1. The van der Waals surface area contributed by atoms with E-state index in [9.17, 15) is 0 Å². The minimum absolute atomic E-state index is 0.174. The first kappa shape index (κ1) is 11.1. The normalized spacial score (nSPS) is 9.94. The van der Waals surface area contributed by atoms with Gasteiger partial charge in [0, 0.05) is 12.3 Å². The van der Waals surface area contributed by atoms with Crippen LogP contribution in [0.3, 0.4) is 0 Å². The second kappa shape index (κ2) is 5.11. The first-order valence-corrected chi connectivity index (χ1v) is 5.10. The molecule has 0 saturated carbocycles. The Kier molecular flexibility index (Phi) is 3.34. The van der Waals surface area contributed by atoms with E-state index in [1.807, 2.05) is 18.2 Å². The Labute approximate surface area is 98.9 Å². The van der Waals surface area contributed by atoms with Gasteiger partial charge in [0.15, 0.2) is 0 Å². The van der Waals surface area contributed by atoms with Crippen LogP contribution >= 0.6 is 0 Å². The fraction of sp³-hybridized carbons (Fsp3) is 0.182. The highest BCUT2D eigenvalue weighted by atomic mass is 16.5. The van der Waals surface area contributed by atoms with Gasteiger partial charge in [-0.3, -0.25) is 4.98 Å². The summed E-state index contributed by atoms with van der Waals surface area (Å²) >= 11 is 0. The Hall–Kier alpha value is -2.37. The standard InChI is InChI=1S/C11H13N5O/c1-17-10-6-9(15-11(12)16-10)14-7-8-4-2-3-5-13-8/h2-6H,7H2,1H3,(H3,12,14,15,16). The quantitative estimate of drug-likeness (QED) is 0.818. The van der Waals surface area contributed by atoms with Crippen LogP contribution in [0.25, 0.3) is 0 Å². The maximum absolute atomic E-state index is 5.55. The number of hydrogen-bond acceptors (Lipinski definition) is 6. The number of nitrogens with one attached hydrogen (secondary N) is 1. The Bertz CT molecular complexity index is 488. The van der Waals surface area contributed by atoms with Crippen molar-refractivity contribution in [2.45, 2.75) is 6.54 Å². The largest absolute Gasteiger partial charge is 0.481 e. The molecular weight excluding hydrogens is 218 g/mol. The Balaban J connectivity index is 2.06. The fourth-order valence-corrected chi connectivity index (χ4v) is 1.32. The molecule has 6 heteroatoms. The zero-order valence-electron chi connectivity index (χ0n) is 9.42. The topological polar surface area (TPSA) is 86.0 Å². The molecule has 0 saturated heterocycles. The van der Waals surface area contributed by atoms with Crippen molar-refractivity contribution >= 4 is 11.8 Å². The molecule has 0 aliphatic heterocycles. The Morgan fingerprint density at radius 1 is 1.35 bits per heavy atom. The summed E-state index contributed by atoms with van der Waals surface area (Å²) in [6.45, 7) is 0.570. The second-order valence-corrected chi connectivity index (χ2v) is 3.33. The maximum Gasteiger partial charge on any atom is 0.225 e. The smallest absolute Gasteiger partial charge is 0.225 e. The molecule has 0 atom stereocenters. The molecule has 0 fully saturated rings. The molecule has 0 aliphatic carbocycles. The molecule has 0 amide bonds. The van der Waals surface area contributed by atoms with Crippen molar-refractivity contribution in [2.24, 2.45) is 0 Å². The molecule has 17 heavy (non-hydrogen) atoms. The van der Waals surface area contributed by atoms with E-state index in [4.69, 9.17) is 10.5 Å². The lowest BCUT2D eigenvalue weighted by molar-refractivity contribution is 0.398. The minimum Gasteiger partial charge on any atom is -0.481 e. The minimum atomic E-state index is 0.174. The molecule has 2 aromatic rings. The van der Waals surface area contributed by atoms with Gasteiger partial charge >= 0.3 is 0 Å². The number of aromatic nitrogens is 3. The predicted octanol–water partition coefficient (Wildman–Crippen LogP) is 1.07. The van der Waals surface area contributed by atoms with Gasteiger partial charge in [-0.2, -0.15) is 9.97 Å². The van der Waals surface area contributed by atoms with E-state index in [1.165, 1.54) is 7.11 Å². The SMILES string of the molecule is COc1cc(NCc2ccccn2)nc(N)n1. The van der Waals surface area contributed by atoms with E-state index in [2.05, 4.69) is 20.3 Å². The highest BCUT2D eigenvalue weighted by Crippen LogP contribution is 2.14. The lowest BCUT2D eigenvalue weighted by Crippen LogP contribution is -2.06. The average molecular weight is 231 g/mol. The van der Waals surface area contributed by atoms with E-state index < -0.39 is 0 Å².